The summed E-state index contributed by atoms with van der Waals surface area (Å²) in [6, 6.07) is 0. The highest BCUT2D eigenvalue weighted by molar-refractivity contribution is 6.45. The van der Waals surface area contributed by atoms with Crippen LogP contribution in [0.25, 0.3) is 0 Å². The van der Waals surface area contributed by atoms with Crippen molar-refractivity contribution in [3.05, 3.63) is 0 Å². The molecule has 69 valence electrons. The van der Waals surface area contributed by atoms with Gasteiger partial charge in [-0.2, -0.15) is 0 Å². The molecule has 0 aliphatic carbocycles. The minimum atomic E-state index is -0.364. The van der Waals surface area contributed by atoms with Crippen molar-refractivity contribution >= 4 is 13.1 Å². The molecule has 0 saturated carbocycles. The van der Waals surface area contributed by atoms with Gasteiger partial charge in [0.05, 0.1) is 0 Å². The first-order valence-electron chi connectivity index (χ1n) is 4.37. The molecule has 0 aliphatic rings. The molecule has 0 aromatic heterocycles. The maximum absolute atomic E-state index is 11.7. The van der Waals surface area contributed by atoms with Gasteiger partial charge in [-0.25, -0.2) is 0 Å². The van der Waals surface area contributed by atoms with E-state index >= 15 is 0 Å². The summed E-state index contributed by atoms with van der Waals surface area (Å²) in [6.45, 7) is 7.69. The van der Waals surface area contributed by atoms with Gasteiger partial charge >= 0.3 is 0 Å². The van der Waals surface area contributed by atoms with Crippen LogP contribution in [0.4, 0.5) is 0 Å². The fourth-order valence-electron chi connectivity index (χ4n) is 1.02. The Balaban J connectivity index is 4.35. The quantitative estimate of drug-likeness (QED) is 0.587. The molecule has 0 bridgehead atoms. The van der Waals surface area contributed by atoms with E-state index in [1.807, 2.05) is 34.9 Å². The molecule has 0 saturated heterocycles. The molecule has 0 fully saturated rings. The zero-order valence-corrected chi connectivity index (χ0v) is 8.68. The number of ether oxygens (including phenoxy) is 1. The molecule has 0 rings (SSSR count). The highest BCUT2D eigenvalue weighted by Crippen LogP contribution is 2.26. The lowest BCUT2D eigenvalue weighted by Gasteiger charge is -2.25. The van der Waals surface area contributed by atoms with Crippen LogP contribution in [0.2, 0.25) is 12.1 Å². The lowest BCUT2D eigenvalue weighted by molar-refractivity contribution is -0.131. The van der Waals surface area contributed by atoms with Gasteiger partial charge in [-0.3, -0.25) is 4.79 Å². The molecule has 3 heteroatoms. The van der Waals surface area contributed by atoms with Crippen molar-refractivity contribution < 1.29 is 9.53 Å². The van der Waals surface area contributed by atoms with Crippen LogP contribution < -0.4 is 0 Å². The number of Topliss-reactive ketones (excluding diaryl/α,β-unsaturated/α-hetero) is 1. The SMILES string of the molecule is C[B]C(C)(C)C(=O)C(CC)OC. The number of methoxy groups -OCH3 is 1. The van der Waals surface area contributed by atoms with Crippen LogP contribution in [0.3, 0.4) is 0 Å². The van der Waals surface area contributed by atoms with E-state index in [0.717, 1.165) is 6.42 Å². The van der Waals surface area contributed by atoms with Gasteiger partial charge in [-0.1, -0.05) is 27.6 Å². The highest BCUT2D eigenvalue weighted by atomic mass is 16.5. The molecule has 1 radical (unpaired) electrons. The van der Waals surface area contributed by atoms with Crippen molar-refractivity contribution in [1.29, 1.82) is 0 Å². The lowest BCUT2D eigenvalue weighted by atomic mass is 9.53. The fraction of sp³-hybridized carbons (Fsp3) is 0.889. The van der Waals surface area contributed by atoms with Gasteiger partial charge in [-0.15, -0.1) is 0 Å². The number of ketones is 1. The molecule has 0 aromatic rings. The predicted octanol–water partition coefficient (Wildman–Crippen LogP) is 1.93. The maximum atomic E-state index is 11.7. The third-order valence-corrected chi connectivity index (χ3v) is 2.30. The second kappa shape index (κ2) is 4.66. The molecular formula is C9H18BO2. The maximum Gasteiger partial charge on any atom is 0.159 e. The van der Waals surface area contributed by atoms with Crippen molar-refractivity contribution in [2.45, 2.75) is 45.4 Å². The number of carbonyl (C=O) groups excluding carboxylic acids is 1. The molecule has 0 aliphatic heterocycles. The van der Waals surface area contributed by atoms with Gasteiger partial charge < -0.3 is 4.74 Å². The van der Waals surface area contributed by atoms with Crippen molar-refractivity contribution in [3.63, 3.8) is 0 Å². The van der Waals surface area contributed by atoms with Crippen molar-refractivity contribution in [1.82, 2.24) is 0 Å². The summed E-state index contributed by atoms with van der Waals surface area (Å²) in [7, 11) is 3.49. The van der Waals surface area contributed by atoms with Crippen LogP contribution in [-0.2, 0) is 9.53 Å². The van der Waals surface area contributed by atoms with E-state index in [9.17, 15) is 4.79 Å². The summed E-state index contributed by atoms with van der Waals surface area (Å²) in [4.78, 5) is 11.7. The predicted molar refractivity (Wildman–Crippen MR) is 51.8 cm³/mol. The normalized spacial score (nSPS) is 14.1. The van der Waals surface area contributed by atoms with E-state index < -0.39 is 0 Å². The molecule has 1 atom stereocenters. The summed E-state index contributed by atoms with van der Waals surface area (Å²) in [6.07, 6.45) is 0.489. The van der Waals surface area contributed by atoms with E-state index in [1.165, 1.54) is 0 Å². The van der Waals surface area contributed by atoms with Crippen LogP contribution in [0.1, 0.15) is 27.2 Å². The Morgan fingerprint density at radius 3 is 2.33 bits per heavy atom. The Bertz CT molecular complexity index is 151. The van der Waals surface area contributed by atoms with Gasteiger partial charge in [0, 0.05) is 7.11 Å². The summed E-state index contributed by atoms with van der Waals surface area (Å²) < 4.78 is 5.08. The molecule has 12 heavy (non-hydrogen) atoms. The Labute approximate surface area is 75.9 Å². The van der Waals surface area contributed by atoms with Crippen LogP contribution in [0.15, 0.2) is 0 Å². The summed E-state index contributed by atoms with van der Waals surface area (Å²) in [5.41, 5.74) is 0. The summed E-state index contributed by atoms with van der Waals surface area (Å²) in [5, 5.41) is -0.364. The molecular weight excluding hydrogens is 151 g/mol. The van der Waals surface area contributed by atoms with Crippen molar-refractivity contribution in [2.75, 3.05) is 7.11 Å². The van der Waals surface area contributed by atoms with E-state index in [-0.39, 0.29) is 17.2 Å². The Hall–Kier alpha value is -0.305. The second-order valence-electron chi connectivity index (χ2n) is 3.51. The zero-order valence-electron chi connectivity index (χ0n) is 8.68. The minimum absolute atomic E-state index is 0.162. The first-order chi connectivity index (χ1) is 5.49. The average Bonchev–Trinajstić information content (AvgIpc) is 2.06. The first kappa shape index (κ1) is 11.7. The summed E-state index contributed by atoms with van der Waals surface area (Å²) in [5.74, 6) is 0.162. The Morgan fingerprint density at radius 2 is 2.08 bits per heavy atom. The minimum Gasteiger partial charge on any atom is -0.374 e. The van der Waals surface area contributed by atoms with E-state index in [1.54, 1.807) is 7.11 Å². The number of rotatable bonds is 5. The second-order valence-corrected chi connectivity index (χ2v) is 3.51. The zero-order chi connectivity index (χ0) is 9.78. The van der Waals surface area contributed by atoms with Crippen molar-refractivity contribution in [2.24, 2.45) is 0 Å². The van der Waals surface area contributed by atoms with Crippen LogP contribution in [-0.4, -0.2) is 26.3 Å². The molecule has 0 aromatic carbocycles. The van der Waals surface area contributed by atoms with Gasteiger partial charge in [-0.05, 0) is 11.7 Å². The van der Waals surface area contributed by atoms with Crippen LogP contribution in [0.5, 0.6) is 0 Å². The molecule has 2 nitrogen and oxygen atoms in total. The Morgan fingerprint density at radius 1 is 1.58 bits per heavy atom. The fourth-order valence-corrected chi connectivity index (χ4v) is 1.02. The largest absolute Gasteiger partial charge is 0.374 e. The van der Waals surface area contributed by atoms with E-state index in [2.05, 4.69) is 0 Å². The van der Waals surface area contributed by atoms with Gasteiger partial charge in [0.15, 0.2) is 5.78 Å². The molecule has 0 spiro atoms. The Kier molecular flexibility index (Phi) is 4.54. The third kappa shape index (κ3) is 2.63. The monoisotopic (exact) mass is 169 g/mol. The highest BCUT2D eigenvalue weighted by Gasteiger charge is 2.31. The number of hydrogen-bond acceptors (Lipinski definition) is 2. The average molecular weight is 169 g/mol. The van der Waals surface area contributed by atoms with Gasteiger partial charge in [0.1, 0.15) is 13.4 Å². The third-order valence-electron chi connectivity index (χ3n) is 2.30. The lowest BCUT2D eigenvalue weighted by Crippen LogP contribution is -2.33. The van der Waals surface area contributed by atoms with Gasteiger partial charge in [0.2, 0.25) is 0 Å². The topological polar surface area (TPSA) is 26.3 Å². The summed E-state index contributed by atoms with van der Waals surface area (Å²) >= 11 is 0. The molecule has 1 unspecified atom stereocenters. The van der Waals surface area contributed by atoms with E-state index in [0.29, 0.717) is 0 Å². The first-order valence-corrected chi connectivity index (χ1v) is 4.37. The molecule has 0 N–H and O–H groups in total. The van der Waals surface area contributed by atoms with Crippen LogP contribution >= 0.6 is 0 Å². The van der Waals surface area contributed by atoms with Crippen LogP contribution in [0, 0.1) is 0 Å². The van der Waals surface area contributed by atoms with Gasteiger partial charge in [0.25, 0.3) is 0 Å². The molecule has 0 amide bonds. The van der Waals surface area contributed by atoms with E-state index in [4.69, 9.17) is 4.74 Å². The number of carbonyl (C=O) groups is 1. The van der Waals surface area contributed by atoms with Crippen molar-refractivity contribution in [3.8, 4) is 0 Å². The smallest absolute Gasteiger partial charge is 0.159 e. The standard InChI is InChI=1S/C9H18BO2/c1-6-7(12-5)8(11)9(2,3)10-4/h7H,6H2,1-5H3. The number of hydrogen-bond donors (Lipinski definition) is 0. The molecule has 0 heterocycles.